The molecule has 3 nitrogen and oxygen atoms in total. The third-order valence-corrected chi connectivity index (χ3v) is 3.62. The molecule has 0 saturated heterocycles. The van der Waals surface area contributed by atoms with Gasteiger partial charge in [-0.25, -0.2) is 0 Å². The van der Waals surface area contributed by atoms with Gasteiger partial charge in [0, 0.05) is 12.6 Å². The van der Waals surface area contributed by atoms with Crippen LogP contribution < -0.4 is 5.32 Å². The van der Waals surface area contributed by atoms with Gasteiger partial charge < -0.3 is 10.1 Å². The summed E-state index contributed by atoms with van der Waals surface area (Å²) in [5.74, 6) is -0.503. The van der Waals surface area contributed by atoms with Gasteiger partial charge in [0.2, 0.25) is 0 Å². The lowest BCUT2D eigenvalue weighted by atomic mass is 9.98. The maximum atomic E-state index is 12.0. The smallest absolute Gasteiger partial charge is 0.314 e. The molecule has 0 fully saturated rings. The van der Waals surface area contributed by atoms with Crippen molar-refractivity contribution in [2.45, 2.75) is 18.9 Å². The summed E-state index contributed by atoms with van der Waals surface area (Å²) in [6, 6.07) is 20.1. The number of carbonyl (C=O) groups excluding carboxylic acids is 1. The highest BCUT2D eigenvalue weighted by Crippen LogP contribution is 2.18. The van der Waals surface area contributed by atoms with Gasteiger partial charge in [0.1, 0.15) is 0 Å². The molecule has 1 N–H and O–H groups in total. The summed E-state index contributed by atoms with van der Waals surface area (Å²) >= 11 is 0. The molecule has 2 atom stereocenters. The second-order valence-electron chi connectivity index (χ2n) is 5.03. The SMILES string of the molecule is COC(=O)C(CN[C@@H](C)c1ccccc1)c1ccccc1. The molecular weight excluding hydrogens is 262 g/mol. The maximum absolute atomic E-state index is 12.0. The number of esters is 1. The normalized spacial score (nSPS) is 13.4. The molecule has 2 aromatic carbocycles. The van der Waals surface area contributed by atoms with Crippen molar-refractivity contribution >= 4 is 5.97 Å². The first-order chi connectivity index (χ1) is 10.2. The molecule has 21 heavy (non-hydrogen) atoms. The highest BCUT2D eigenvalue weighted by molar-refractivity contribution is 5.78. The summed E-state index contributed by atoms with van der Waals surface area (Å²) in [6.45, 7) is 2.64. The number of nitrogens with one attached hydrogen (secondary N) is 1. The average Bonchev–Trinajstić information content (AvgIpc) is 2.56. The van der Waals surface area contributed by atoms with Crippen LogP contribution in [0.3, 0.4) is 0 Å². The van der Waals surface area contributed by atoms with Crippen LogP contribution in [0.15, 0.2) is 60.7 Å². The summed E-state index contributed by atoms with van der Waals surface area (Å²) in [4.78, 5) is 12.0. The second-order valence-corrected chi connectivity index (χ2v) is 5.03. The van der Waals surface area contributed by atoms with Crippen LogP contribution in [0.2, 0.25) is 0 Å². The number of carbonyl (C=O) groups is 1. The van der Waals surface area contributed by atoms with Gasteiger partial charge in [0.25, 0.3) is 0 Å². The predicted octanol–water partition coefficient (Wildman–Crippen LogP) is 3.29. The second kappa shape index (κ2) is 7.60. The van der Waals surface area contributed by atoms with E-state index in [-0.39, 0.29) is 17.9 Å². The molecule has 2 rings (SSSR count). The van der Waals surface area contributed by atoms with Crippen LogP contribution in [0.4, 0.5) is 0 Å². The van der Waals surface area contributed by atoms with Gasteiger partial charge >= 0.3 is 5.97 Å². The minimum Gasteiger partial charge on any atom is -0.469 e. The minimum atomic E-state index is -0.289. The zero-order valence-electron chi connectivity index (χ0n) is 12.5. The van der Waals surface area contributed by atoms with Crippen molar-refractivity contribution in [3.63, 3.8) is 0 Å². The van der Waals surface area contributed by atoms with Crippen LogP contribution >= 0.6 is 0 Å². The van der Waals surface area contributed by atoms with E-state index in [1.165, 1.54) is 12.7 Å². The summed E-state index contributed by atoms with van der Waals surface area (Å²) in [7, 11) is 1.43. The highest BCUT2D eigenvalue weighted by Gasteiger charge is 2.21. The molecule has 2 aromatic rings. The molecule has 0 aliphatic carbocycles. The summed E-state index contributed by atoms with van der Waals surface area (Å²) in [5, 5.41) is 3.41. The summed E-state index contributed by atoms with van der Waals surface area (Å²) in [5.41, 5.74) is 2.17. The average molecular weight is 283 g/mol. The number of benzene rings is 2. The first kappa shape index (κ1) is 15.3. The lowest BCUT2D eigenvalue weighted by molar-refractivity contribution is -0.142. The first-order valence-electron chi connectivity index (χ1n) is 7.13. The molecule has 0 aliphatic heterocycles. The first-order valence-corrected chi connectivity index (χ1v) is 7.13. The molecule has 0 radical (unpaired) electrons. The number of methoxy groups -OCH3 is 1. The fourth-order valence-corrected chi connectivity index (χ4v) is 2.32. The minimum absolute atomic E-state index is 0.182. The van der Waals surface area contributed by atoms with Crippen LogP contribution in [0, 0.1) is 0 Å². The van der Waals surface area contributed by atoms with Gasteiger partial charge in [-0.3, -0.25) is 4.79 Å². The van der Waals surface area contributed by atoms with E-state index in [0.717, 1.165) is 5.56 Å². The molecule has 0 saturated carbocycles. The van der Waals surface area contributed by atoms with E-state index in [1.807, 2.05) is 48.5 Å². The van der Waals surface area contributed by atoms with E-state index in [0.29, 0.717) is 6.54 Å². The monoisotopic (exact) mass is 283 g/mol. The van der Waals surface area contributed by atoms with Gasteiger partial charge in [0.05, 0.1) is 13.0 Å². The van der Waals surface area contributed by atoms with Gasteiger partial charge in [-0.05, 0) is 18.1 Å². The fraction of sp³-hybridized carbons (Fsp3) is 0.278. The van der Waals surface area contributed by atoms with E-state index in [2.05, 4.69) is 24.4 Å². The summed E-state index contributed by atoms with van der Waals surface area (Å²) in [6.07, 6.45) is 0. The molecule has 0 heterocycles. The molecule has 0 spiro atoms. The molecule has 0 aromatic heterocycles. The Bertz CT molecular complexity index is 554. The van der Waals surface area contributed by atoms with Crippen molar-refractivity contribution < 1.29 is 9.53 Å². The van der Waals surface area contributed by atoms with E-state index in [1.54, 1.807) is 0 Å². The Morgan fingerprint density at radius 2 is 1.52 bits per heavy atom. The van der Waals surface area contributed by atoms with Gasteiger partial charge in [-0.1, -0.05) is 60.7 Å². The molecule has 110 valence electrons. The van der Waals surface area contributed by atoms with Gasteiger partial charge in [-0.2, -0.15) is 0 Å². The van der Waals surface area contributed by atoms with Crippen LogP contribution in [-0.4, -0.2) is 19.6 Å². The van der Waals surface area contributed by atoms with Crippen molar-refractivity contribution in [2.24, 2.45) is 0 Å². The molecule has 1 unspecified atom stereocenters. The summed E-state index contributed by atoms with van der Waals surface area (Å²) < 4.78 is 4.93. The van der Waals surface area contributed by atoms with Crippen LogP contribution in [0.5, 0.6) is 0 Å². The van der Waals surface area contributed by atoms with Crippen LogP contribution in [0.1, 0.15) is 30.0 Å². The van der Waals surface area contributed by atoms with Crippen molar-refractivity contribution in [3.05, 3.63) is 71.8 Å². The number of ether oxygens (including phenoxy) is 1. The Labute approximate surface area is 126 Å². The van der Waals surface area contributed by atoms with Crippen molar-refractivity contribution in [1.29, 1.82) is 0 Å². The number of rotatable bonds is 6. The van der Waals surface area contributed by atoms with E-state index in [9.17, 15) is 4.79 Å². The van der Waals surface area contributed by atoms with E-state index < -0.39 is 0 Å². The Morgan fingerprint density at radius 3 is 2.05 bits per heavy atom. The van der Waals surface area contributed by atoms with Crippen molar-refractivity contribution in [3.8, 4) is 0 Å². The molecule has 0 aliphatic rings. The molecule has 0 amide bonds. The van der Waals surface area contributed by atoms with E-state index >= 15 is 0 Å². The Balaban J connectivity index is 2.05. The quantitative estimate of drug-likeness (QED) is 0.827. The standard InChI is InChI=1S/C18H21NO2/c1-14(15-9-5-3-6-10-15)19-13-17(18(20)21-2)16-11-7-4-8-12-16/h3-12,14,17,19H,13H2,1-2H3/t14-,17?/m0/s1. The Kier molecular flexibility index (Phi) is 5.52. The molecular formula is C18H21NO2. The van der Waals surface area contributed by atoms with Crippen molar-refractivity contribution in [1.82, 2.24) is 5.32 Å². The third kappa shape index (κ3) is 4.17. The van der Waals surface area contributed by atoms with Crippen LogP contribution in [0.25, 0.3) is 0 Å². The maximum Gasteiger partial charge on any atom is 0.314 e. The fourth-order valence-electron chi connectivity index (χ4n) is 2.32. The molecule has 3 heteroatoms. The van der Waals surface area contributed by atoms with Crippen molar-refractivity contribution in [2.75, 3.05) is 13.7 Å². The predicted molar refractivity (Wildman–Crippen MR) is 84.1 cm³/mol. The topological polar surface area (TPSA) is 38.3 Å². The Morgan fingerprint density at radius 1 is 1.00 bits per heavy atom. The zero-order valence-corrected chi connectivity index (χ0v) is 12.5. The highest BCUT2D eigenvalue weighted by atomic mass is 16.5. The number of hydrogen-bond acceptors (Lipinski definition) is 3. The van der Waals surface area contributed by atoms with E-state index in [4.69, 9.17) is 4.74 Å². The zero-order chi connectivity index (χ0) is 15.1. The largest absolute Gasteiger partial charge is 0.469 e. The molecule has 0 bridgehead atoms. The third-order valence-electron chi connectivity index (χ3n) is 3.62. The Hall–Kier alpha value is -2.13. The lowest BCUT2D eigenvalue weighted by Crippen LogP contribution is -2.29. The number of hydrogen-bond donors (Lipinski definition) is 1. The lowest BCUT2D eigenvalue weighted by Gasteiger charge is -2.20. The van der Waals surface area contributed by atoms with Gasteiger partial charge in [0.15, 0.2) is 0 Å². The van der Waals surface area contributed by atoms with Gasteiger partial charge in [-0.15, -0.1) is 0 Å². The van der Waals surface area contributed by atoms with Crippen LogP contribution in [-0.2, 0) is 9.53 Å².